The Kier molecular flexibility index (Phi) is 19.3. The van der Waals surface area contributed by atoms with Gasteiger partial charge in [-0.2, -0.15) is 0 Å². The van der Waals surface area contributed by atoms with Gasteiger partial charge in [-0.15, -0.1) is 5.10 Å². The average Bonchev–Trinajstić information content (AvgIpc) is 3.65. The smallest absolute Gasteiger partial charge is 0.308 e. The highest BCUT2D eigenvalue weighted by molar-refractivity contribution is 5.91. The number of hydrogen-bond donors (Lipinski definition) is 5. The number of ketones is 1. The number of benzene rings is 1. The first kappa shape index (κ1) is 48.3. The fourth-order valence-corrected chi connectivity index (χ4v) is 8.14. The molecule has 59 heavy (non-hydrogen) atoms. The van der Waals surface area contributed by atoms with Gasteiger partial charge in [0.15, 0.2) is 12.1 Å². The summed E-state index contributed by atoms with van der Waals surface area (Å²) in [5.41, 5.74) is 2.76. The monoisotopic (exact) mass is 827 g/mol. The summed E-state index contributed by atoms with van der Waals surface area (Å²) in [5, 5.41) is 56.6. The highest BCUT2D eigenvalue weighted by Crippen LogP contribution is 2.35. The summed E-state index contributed by atoms with van der Waals surface area (Å²) in [7, 11) is 5.51. The van der Waals surface area contributed by atoms with Gasteiger partial charge in [0.1, 0.15) is 12.2 Å². The second-order valence-corrected chi connectivity index (χ2v) is 16.9. The van der Waals surface area contributed by atoms with Crippen molar-refractivity contribution >= 4 is 11.8 Å². The van der Waals surface area contributed by atoms with Gasteiger partial charge in [0, 0.05) is 43.6 Å². The molecule has 1 aromatic carbocycles. The third-order valence-corrected chi connectivity index (χ3v) is 11.8. The van der Waals surface area contributed by atoms with Crippen LogP contribution in [0, 0.1) is 23.7 Å². The number of esters is 1. The molecule has 1 saturated heterocycles. The molecule has 2 aliphatic heterocycles. The lowest BCUT2D eigenvalue weighted by Gasteiger charge is -2.46. The van der Waals surface area contributed by atoms with Gasteiger partial charge in [-0.3, -0.25) is 14.3 Å². The minimum Gasteiger partial charge on any atom is -0.462 e. The van der Waals surface area contributed by atoms with Crippen molar-refractivity contribution in [3.05, 3.63) is 71.6 Å². The van der Waals surface area contributed by atoms with Crippen molar-refractivity contribution in [1.29, 1.82) is 0 Å². The Morgan fingerprint density at radius 1 is 1.03 bits per heavy atom. The Morgan fingerprint density at radius 2 is 1.76 bits per heavy atom. The number of nitrogens with zero attached hydrogens (tertiary/aromatic N) is 5. The van der Waals surface area contributed by atoms with Crippen molar-refractivity contribution in [1.82, 2.24) is 30.1 Å². The highest BCUT2D eigenvalue weighted by Gasteiger charge is 2.47. The SMILES string of the molecule is CC[C@H]1OC(=O)C[C@@H](O)[C@H](C)[C@@H](O[C@@H]2O[C@H](C)[C@@H](O)C(N(C)C)C2O)[C@@H](CCN(C)Cc2cn(CCNCc3ccccc3)nn2)C[C@@H](C)C(=O)/C=C/C(C)=C/[C@@H]1CO. The van der Waals surface area contributed by atoms with E-state index in [1.807, 2.05) is 56.9 Å². The molecule has 2 unspecified atom stereocenters. The highest BCUT2D eigenvalue weighted by atomic mass is 16.7. The number of carbonyl (C=O) groups is 2. The average molecular weight is 827 g/mol. The number of allylic oxidation sites excluding steroid dienone is 3. The van der Waals surface area contributed by atoms with Gasteiger partial charge in [-0.25, -0.2) is 0 Å². The minimum absolute atomic E-state index is 0.0950. The number of carbonyl (C=O) groups excluding carboxylic acids is 2. The summed E-state index contributed by atoms with van der Waals surface area (Å²) in [6.45, 7) is 12.0. The Bertz CT molecular complexity index is 1640. The molecule has 2 aromatic rings. The molecule has 12 atom stereocenters. The van der Waals surface area contributed by atoms with Crippen LogP contribution in [0.1, 0.15) is 71.6 Å². The Balaban J connectivity index is 1.58. The van der Waals surface area contributed by atoms with Crippen molar-refractivity contribution in [3.63, 3.8) is 0 Å². The number of ether oxygens (including phenoxy) is 3. The topological polar surface area (TPSA) is 192 Å². The van der Waals surface area contributed by atoms with E-state index in [0.717, 1.165) is 24.4 Å². The summed E-state index contributed by atoms with van der Waals surface area (Å²) in [4.78, 5) is 30.9. The van der Waals surface area contributed by atoms with E-state index in [4.69, 9.17) is 14.2 Å². The summed E-state index contributed by atoms with van der Waals surface area (Å²) in [6.07, 6.45) is 1.23. The van der Waals surface area contributed by atoms with E-state index in [-0.39, 0.29) is 24.7 Å². The van der Waals surface area contributed by atoms with E-state index in [2.05, 4.69) is 32.7 Å². The molecule has 0 spiro atoms. The Labute approximate surface area is 350 Å². The van der Waals surface area contributed by atoms with Gasteiger partial charge < -0.3 is 49.8 Å². The number of aliphatic hydroxyl groups is 4. The van der Waals surface area contributed by atoms with Crippen molar-refractivity contribution in [2.75, 3.05) is 40.8 Å². The normalized spacial score (nSPS) is 33.2. The first-order chi connectivity index (χ1) is 28.1. The predicted octanol–water partition coefficient (Wildman–Crippen LogP) is 2.72. The van der Waals surface area contributed by atoms with Crippen LogP contribution in [0.4, 0.5) is 0 Å². The van der Waals surface area contributed by atoms with Crippen LogP contribution in [0.2, 0.25) is 0 Å². The fraction of sp³-hybridized carbons (Fsp3) is 0.682. The Hall–Kier alpha value is -3.38. The van der Waals surface area contributed by atoms with Gasteiger partial charge in [0.2, 0.25) is 0 Å². The number of likely N-dealkylation sites (N-methyl/N-ethyl adjacent to an activating group) is 1. The van der Waals surface area contributed by atoms with Crippen LogP contribution in [0.5, 0.6) is 0 Å². The lowest BCUT2D eigenvalue weighted by atomic mass is 9.79. The quantitative estimate of drug-likeness (QED) is 0.130. The Morgan fingerprint density at radius 3 is 2.44 bits per heavy atom. The molecule has 4 rings (SSSR count). The molecule has 0 aliphatic carbocycles. The van der Waals surface area contributed by atoms with E-state index in [1.165, 1.54) is 5.56 Å². The third kappa shape index (κ3) is 14.4. The molecule has 1 aromatic heterocycles. The van der Waals surface area contributed by atoms with Crippen LogP contribution in [0.15, 0.2) is 60.3 Å². The molecule has 15 heteroatoms. The van der Waals surface area contributed by atoms with Crippen LogP contribution in [-0.4, -0.2) is 147 Å². The molecule has 0 bridgehead atoms. The van der Waals surface area contributed by atoms with E-state index in [9.17, 15) is 30.0 Å². The summed E-state index contributed by atoms with van der Waals surface area (Å²) >= 11 is 0. The van der Waals surface area contributed by atoms with Gasteiger partial charge in [0.25, 0.3) is 0 Å². The molecule has 0 radical (unpaired) electrons. The molecule has 0 saturated carbocycles. The summed E-state index contributed by atoms with van der Waals surface area (Å²) < 4.78 is 20.5. The maximum absolute atomic E-state index is 13.7. The van der Waals surface area contributed by atoms with E-state index >= 15 is 0 Å². The van der Waals surface area contributed by atoms with Gasteiger partial charge in [-0.05, 0) is 78.4 Å². The molecule has 2 aliphatic rings. The number of cyclic esters (lactones) is 1. The second kappa shape index (κ2) is 23.6. The largest absolute Gasteiger partial charge is 0.462 e. The molecule has 1 fully saturated rings. The van der Waals surface area contributed by atoms with Gasteiger partial charge in [-0.1, -0.05) is 74.0 Å². The zero-order valence-corrected chi connectivity index (χ0v) is 36.3. The number of aromatic nitrogens is 3. The number of aliphatic hydroxyl groups excluding tert-OH is 4. The molecule has 5 N–H and O–H groups in total. The lowest BCUT2D eigenvalue weighted by Crippen LogP contribution is -2.63. The maximum atomic E-state index is 13.7. The predicted molar refractivity (Wildman–Crippen MR) is 224 cm³/mol. The molecule has 0 amide bonds. The first-order valence-corrected chi connectivity index (χ1v) is 21.2. The first-order valence-electron chi connectivity index (χ1n) is 21.2. The van der Waals surface area contributed by atoms with Crippen molar-refractivity contribution < 1.29 is 44.2 Å². The summed E-state index contributed by atoms with van der Waals surface area (Å²) in [5.74, 6) is -2.71. The van der Waals surface area contributed by atoms with Gasteiger partial charge >= 0.3 is 5.97 Å². The number of hydrogen-bond acceptors (Lipinski definition) is 14. The maximum Gasteiger partial charge on any atom is 0.308 e. The molecule has 3 heterocycles. The second-order valence-electron chi connectivity index (χ2n) is 16.9. The van der Waals surface area contributed by atoms with Crippen LogP contribution < -0.4 is 5.32 Å². The minimum atomic E-state index is -1.25. The molecular weight excluding hydrogens is 757 g/mol. The zero-order valence-electron chi connectivity index (χ0n) is 36.3. The molecule has 330 valence electrons. The number of rotatable bonds is 15. The van der Waals surface area contributed by atoms with Crippen molar-refractivity contribution in [3.8, 4) is 0 Å². The lowest BCUT2D eigenvalue weighted by molar-refractivity contribution is -0.304. The molecular formula is C44H70N6O9. The van der Waals surface area contributed by atoms with Crippen LogP contribution in [-0.2, 0) is 43.4 Å². The van der Waals surface area contributed by atoms with Gasteiger partial charge in [0.05, 0.1) is 55.7 Å². The van der Waals surface area contributed by atoms with E-state index in [1.54, 1.807) is 51.1 Å². The van der Waals surface area contributed by atoms with E-state index < -0.39 is 72.7 Å². The summed E-state index contributed by atoms with van der Waals surface area (Å²) in [6, 6.07) is 9.51. The zero-order chi connectivity index (χ0) is 43.2. The third-order valence-electron chi connectivity index (χ3n) is 11.8. The van der Waals surface area contributed by atoms with E-state index in [0.29, 0.717) is 38.9 Å². The van der Waals surface area contributed by atoms with Crippen LogP contribution in [0.3, 0.4) is 0 Å². The standard InChI is InChI=1S/C44H70N6O9/c1-9-38-34(27-51)21-28(2)15-16-36(52)29(3)22-33(17-19-49(8)25-35-26-50(47-46-35)20-18-45-24-32-13-11-10-12-14-32)43(30(4)37(53)23-39(54)58-38)59-44-42(56)40(48(6)7)41(55)31(5)57-44/h10-16,21,26,29-31,33-34,37-38,40-45,51,53,55-56H,9,17-20,22-25,27H2,1-8H3/b16-15+,28-21+/t29-,30+,31-,33+,34-,37-,38-,40?,41-,42?,43-,44+/m1/s1. The fourth-order valence-electron chi connectivity index (χ4n) is 8.14. The van der Waals surface area contributed by atoms with Crippen LogP contribution >= 0.6 is 0 Å². The molecule has 15 nitrogen and oxygen atoms in total. The number of nitrogens with one attached hydrogen (secondary N) is 1. The van der Waals surface area contributed by atoms with Crippen molar-refractivity contribution in [2.24, 2.45) is 23.7 Å². The van der Waals surface area contributed by atoms with Crippen LogP contribution in [0.25, 0.3) is 0 Å². The van der Waals surface area contributed by atoms with Crippen molar-refractivity contribution in [2.45, 2.75) is 129 Å².